The fourth-order valence-corrected chi connectivity index (χ4v) is 4.11. The summed E-state index contributed by atoms with van der Waals surface area (Å²) in [5.41, 5.74) is 1.34. The molecule has 3 heteroatoms. The molecular weight excluding hydrogens is 280 g/mol. The molecule has 3 rings (SSSR count). The monoisotopic (exact) mass is 306 g/mol. The van der Waals surface area contributed by atoms with Crippen LogP contribution in [0.3, 0.4) is 0 Å². The molecule has 0 aliphatic carbocycles. The Bertz CT molecular complexity index is 454. The lowest BCUT2D eigenvalue weighted by Crippen LogP contribution is -2.47. The first-order valence-electron chi connectivity index (χ1n) is 8.41. The highest BCUT2D eigenvalue weighted by molar-refractivity contribution is 6.30. The molecule has 0 spiro atoms. The number of nitrogens with zero attached hydrogens (tertiary/aromatic N) is 2. The Balaban J connectivity index is 1.48. The third-order valence-electron chi connectivity index (χ3n) is 5.06. The highest BCUT2D eigenvalue weighted by atomic mass is 35.5. The molecule has 0 saturated carbocycles. The Labute approximate surface area is 134 Å². The molecule has 2 aliphatic rings. The molecule has 21 heavy (non-hydrogen) atoms. The summed E-state index contributed by atoms with van der Waals surface area (Å²) in [4.78, 5) is 5.33. The molecule has 0 aromatic heterocycles. The molecule has 2 heterocycles. The predicted molar refractivity (Wildman–Crippen MR) is 89.7 cm³/mol. The van der Waals surface area contributed by atoms with Crippen molar-refractivity contribution in [1.82, 2.24) is 9.80 Å². The Morgan fingerprint density at radius 3 is 2.67 bits per heavy atom. The second-order valence-corrected chi connectivity index (χ2v) is 7.32. The number of likely N-dealkylation sites (tertiary alicyclic amines) is 2. The highest BCUT2D eigenvalue weighted by Gasteiger charge is 2.27. The quantitative estimate of drug-likeness (QED) is 0.831. The average Bonchev–Trinajstić information content (AvgIpc) is 2.48. The molecule has 0 bridgehead atoms. The van der Waals surface area contributed by atoms with E-state index in [0.717, 1.165) is 23.5 Å². The fourth-order valence-electron chi connectivity index (χ4n) is 3.89. The maximum atomic E-state index is 6.08. The number of hydrogen-bond acceptors (Lipinski definition) is 2. The van der Waals surface area contributed by atoms with Crippen molar-refractivity contribution in [2.45, 2.75) is 45.2 Å². The van der Waals surface area contributed by atoms with Crippen molar-refractivity contribution in [3.63, 3.8) is 0 Å². The van der Waals surface area contributed by atoms with Gasteiger partial charge in [-0.25, -0.2) is 0 Å². The molecule has 1 aromatic carbocycles. The van der Waals surface area contributed by atoms with E-state index in [2.05, 4.69) is 34.9 Å². The Morgan fingerprint density at radius 1 is 1.14 bits per heavy atom. The van der Waals surface area contributed by atoms with Gasteiger partial charge < -0.3 is 4.90 Å². The second kappa shape index (κ2) is 7.13. The van der Waals surface area contributed by atoms with Gasteiger partial charge in [-0.2, -0.15) is 0 Å². The number of benzene rings is 1. The Kier molecular flexibility index (Phi) is 5.20. The van der Waals surface area contributed by atoms with Crippen LogP contribution < -0.4 is 0 Å². The van der Waals surface area contributed by atoms with Crippen LogP contribution in [0.15, 0.2) is 24.3 Å². The molecule has 0 radical (unpaired) electrons. The molecule has 0 amide bonds. The van der Waals surface area contributed by atoms with Crippen LogP contribution in [0.4, 0.5) is 0 Å². The average molecular weight is 307 g/mol. The van der Waals surface area contributed by atoms with E-state index in [1.165, 1.54) is 57.4 Å². The van der Waals surface area contributed by atoms with E-state index in [1.807, 2.05) is 6.07 Å². The lowest BCUT2D eigenvalue weighted by molar-refractivity contribution is 0.0729. The van der Waals surface area contributed by atoms with Gasteiger partial charge in [-0.1, -0.05) is 30.7 Å². The summed E-state index contributed by atoms with van der Waals surface area (Å²) < 4.78 is 0. The van der Waals surface area contributed by atoms with Crippen molar-refractivity contribution in [3.05, 3.63) is 34.9 Å². The SMILES string of the molecule is C[C@H]1CCCN(C2CCN(Cc3cccc(Cl)c3)CC2)C1. The van der Waals surface area contributed by atoms with Gasteiger partial charge in [0, 0.05) is 24.2 Å². The molecule has 2 fully saturated rings. The van der Waals surface area contributed by atoms with Crippen molar-refractivity contribution >= 4 is 11.6 Å². The van der Waals surface area contributed by atoms with Crippen LogP contribution in [0.2, 0.25) is 5.02 Å². The molecular formula is C18H27ClN2. The van der Waals surface area contributed by atoms with E-state index in [-0.39, 0.29) is 0 Å². The van der Waals surface area contributed by atoms with E-state index in [0.29, 0.717) is 0 Å². The molecule has 2 nitrogen and oxygen atoms in total. The van der Waals surface area contributed by atoms with Crippen LogP contribution in [-0.2, 0) is 6.54 Å². The van der Waals surface area contributed by atoms with E-state index < -0.39 is 0 Å². The zero-order valence-electron chi connectivity index (χ0n) is 13.1. The predicted octanol–water partition coefficient (Wildman–Crippen LogP) is 4.04. The highest BCUT2D eigenvalue weighted by Crippen LogP contribution is 2.24. The first-order valence-corrected chi connectivity index (χ1v) is 8.79. The summed E-state index contributed by atoms with van der Waals surface area (Å²) in [5.74, 6) is 0.892. The van der Waals surface area contributed by atoms with Gasteiger partial charge in [0.15, 0.2) is 0 Å². The minimum absolute atomic E-state index is 0.823. The van der Waals surface area contributed by atoms with Gasteiger partial charge in [-0.05, 0) is 68.9 Å². The third-order valence-corrected chi connectivity index (χ3v) is 5.29. The summed E-state index contributed by atoms with van der Waals surface area (Å²) in [6, 6.07) is 9.11. The standard InChI is InChI=1S/C18H27ClN2/c1-15-4-3-9-21(13-15)18-7-10-20(11-8-18)14-16-5-2-6-17(19)12-16/h2,5-6,12,15,18H,3-4,7-11,13-14H2,1H3/t15-/m0/s1. The fraction of sp³-hybridized carbons (Fsp3) is 0.667. The van der Waals surface area contributed by atoms with Crippen LogP contribution in [0, 0.1) is 5.92 Å². The van der Waals surface area contributed by atoms with Crippen molar-refractivity contribution < 1.29 is 0 Å². The van der Waals surface area contributed by atoms with Gasteiger partial charge in [-0.15, -0.1) is 0 Å². The van der Waals surface area contributed by atoms with Crippen LogP contribution in [-0.4, -0.2) is 42.0 Å². The lowest BCUT2D eigenvalue weighted by atomic mass is 9.95. The van der Waals surface area contributed by atoms with Crippen LogP contribution >= 0.6 is 11.6 Å². The first kappa shape index (κ1) is 15.3. The minimum Gasteiger partial charge on any atom is -0.300 e. The van der Waals surface area contributed by atoms with Crippen LogP contribution in [0.1, 0.15) is 38.2 Å². The van der Waals surface area contributed by atoms with Gasteiger partial charge in [0.2, 0.25) is 0 Å². The van der Waals surface area contributed by atoms with Crippen LogP contribution in [0.25, 0.3) is 0 Å². The zero-order valence-corrected chi connectivity index (χ0v) is 13.9. The molecule has 1 aromatic rings. The van der Waals surface area contributed by atoms with Gasteiger partial charge >= 0.3 is 0 Å². The van der Waals surface area contributed by atoms with Gasteiger partial charge in [-0.3, -0.25) is 4.90 Å². The molecule has 116 valence electrons. The van der Waals surface area contributed by atoms with Crippen molar-refractivity contribution in [2.75, 3.05) is 26.2 Å². The van der Waals surface area contributed by atoms with Crippen molar-refractivity contribution in [2.24, 2.45) is 5.92 Å². The Hall–Kier alpha value is -0.570. The molecule has 2 aliphatic heterocycles. The second-order valence-electron chi connectivity index (χ2n) is 6.88. The molecule has 1 atom stereocenters. The summed E-state index contributed by atoms with van der Waals surface area (Å²) in [6.07, 6.45) is 5.47. The van der Waals surface area contributed by atoms with E-state index >= 15 is 0 Å². The number of rotatable bonds is 3. The largest absolute Gasteiger partial charge is 0.300 e. The maximum Gasteiger partial charge on any atom is 0.0409 e. The summed E-state index contributed by atoms with van der Waals surface area (Å²) in [5, 5.41) is 0.852. The zero-order chi connectivity index (χ0) is 14.7. The topological polar surface area (TPSA) is 6.48 Å². The smallest absolute Gasteiger partial charge is 0.0409 e. The molecule has 2 saturated heterocycles. The van der Waals surface area contributed by atoms with E-state index in [4.69, 9.17) is 11.6 Å². The van der Waals surface area contributed by atoms with Crippen molar-refractivity contribution in [3.8, 4) is 0 Å². The maximum absolute atomic E-state index is 6.08. The summed E-state index contributed by atoms with van der Waals surface area (Å²) >= 11 is 6.08. The summed E-state index contributed by atoms with van der Waals surface area (Å²) in [7, 11) is 0. The number of halogens is 1. The van der Waals surface area contributed by atoms with Crippen LogP contribution in [0.5, 0.6) is 0 Å². The van der Waals surface area contributed by atoms with E-state index in [1.54, 1.807) is 0 Å². The van der Waals surface area contributed by atoms with E-state index in [9.17, 15) is 0 Å². The normalized spacial score (nSPS) is 26.1. The summed E-state index contributed by atoms with van der Waals surface area (Å²) in [6.45, 7) is 8.54. The lowest BCUT2D eigenvalue weighted by Gasteiger charge is -2.41. The molecule has 0 unspecified atom stereocenters. The number of hydrogen-bond donors (Lipinski definition) is 0. The van der Waals surface area contributed by atoms with Gasteiger partial charge in [0.25, 0.3) is 0 Å². The third kappa shape index (κ3) is 4.21. The number of piperidine rings is 2. The minimum atomic E-state index is 0.823. The van der Waals surface area contributed by atoms with Gasteiger partial charge in [0.05, 0.1) is 0 Å². The Morgan fingerprint density at radius 2 is 1.95 bits per heavy atom. The first-order chi connectivity index (χ1) is 10.2. The van der Waals surface area contributed by atoms with Gasteiger partial charge in [0.1, 0.15) is 0 Å². The van der Waals surface area contributed by atoms with Crippen molar-refractivity contribution in [1.29, 1.82) is 0 Å². The molecule has 0 N–H and O–H groups in total.